The highest BCUT2D eigenvalue weighted by Crippen LogP contribution is 2.13. The van der Waals surface area contributed by atoms with E-state index in [4.69, 9.17) is 0 Å². The van der Waals surface area contributed by atoms with Crippen LogP contribution in [-0.2, 0) is 0 Å². The highest BCUT2D eigenvalue weighted by molar-refractivity contribution is 4.97. The first-order chi connectivity index (χ1) is 4.22. The van der Waals surface area contributed by atoms with Gasteiger partial charge in [0, 0.05) is 12.0 Å². The lowest BCUT2D eigenvalue weighted by Crippen LogP contribution is -2.04. The molecule has 0 atom stereocenters. The highest BCUT2D eigenvalue weighted by atomic mass is 15.3. The van der Waals surface area contributed by atoms with Gasteiger partial charge in [0.05, 0.1) is 0 Å². The third kappa shape index (κ3) is 1.18. The Hall–Kier alpha value is -0.660. The van der Waals surface area contributed by atoms with Crippen molar-refractivity contribution in [2.24, 2.45) is 11.0 Å². The minimum Gasteiger partial charge on any atom is -0.0956 e. The third-order valence-electron chi connectivity index (χ3n) is 1.56. The maximum Gasteiger partial charge on any atom is 0.208 e. The molecule has 1 rings (SSSR count). The molecule has 2 heteroatoms. The van der Waals surface area contributed by atoms with Crippen molar-refractivity contribution in [2.45, 2.75) is 13.8 Å². The van der Waals surface area contributed by atoms with Gasteiger partial charge in [0.1, 0.15) is 6.54 Å². The molecular formula is C7H13N2+. The number of azo groups is 2. The number of nitrogens with zero attached hydrogens (tertiary/aromatic N) is 2. The second-order valence-electron chi connectivity index (χ2n) is 2.63. The summed E-state index contributed by atoms with van der Waals surface area (Å²) in [4.78, 5) is 0. The standard InChI is InChI=1S/C7H13N2/c1-6(2)7-4-5-8-9(7)3/h4,6H,5H2,1-3H3/q+1. The van der Waals surface area contributed by atoms with Gasteiger partial charge >= 0.3 is 0 Å². The van der Waals surface area contributed by atoms with Crippen LogP contribution in [0.1, 0.15) is 13.8 Å². The molecule has 0 aliphatic carbocycles. The summed E-state index contributed by atoms with van der Waals surface area (Å²) in [5.41, 5.74) is 1.34. The highest BCUT2D eigenvalue weighted by Gasteiger charge is 2.18. The minimum atomic E-state index is 0.612. The van der Waals surface area contributed by atoms with Crippen molar-refractivity contribution in [3.63, 3.8) is 0 Å². The molecule has 1 heterocycles. The van der Waals surface area contributed by atoms with Crippen LogP contribution in [0.2, 0.25) is 0 Å². The van der Waals surface area contributed by atoms with E-state index < -0.39 is 0 Å². The quantitative estimate of drug-likeness (QED) is 0.473. The van der Waals surface area contributed by atoms with Gasteiger partial charge in [-0.3, -0.25) is 0 Å². The molecule has 0 aromatic heterocycles. The van der Waals surface area contributed by atoms with E-state index in [1.807, 2.05) is 11.7 Å². The van der Waals surface area contributed by atoms with Gasteiger partial charge in [0.25, 0.3) is 0 Å². The second-order valence-corrected chi connectivity index (χ2v) is 2.63. The average molecular weight is 125 g/mol. The summed E-state index contributed by atoms with van der Waals surface area (Å²) in [7, 11) is 2.00. The van der Waals surface area contributed by atoms with E-state index in [-0.39, 0.29) is 0 Å². The summed E-state index contributed by atoms with van der Waals surface area (Å²) in [6.07, 6.45) is 2.17. The van der Waals surface area contributed by atoms with Crippen molar-refractivity contribution in [3.05, 3.63) is 11.8 Å². The van der Waals surface area contributed by atoms with Crippen LogP contribution in [0.3, 0.4) is 0 Å². The Labute approximate surface area is 55.9 Å². The van der Waals surface area contributed by atoms with Gasteiger partial charge < -0.3 is 0 Å². The topological polar surface area (TPSA) is 15.4 Å². The van der Waals surface area contributed by atoms with Gasteiger partial charge in [-0.1, -0.05) is 18.5 Å². The van der Waals surface area contributed by atoms with Gasteiger partial charge in [-0.05, 0) is 5.11 Å². The van der Waals surface area contributed by atoms with Gasteiger partial charge in [-0.15, -0.1) is 0 Å². The Balaban J connectivity index is 2.72. The zero-order valence-electron chi connectivity index (χ0n) is 6.26. The summed E-state index contributed by atoms with van der Waals surface area (Å²) in [6.45, 7) is 5.23. The van der Waals surface area contributed by atoms with Crippen molar-refractivity contribution >= 4 is 0 Å². The molecular weight excluding hydrogens is 112 g/mol. The zero-order valence-corrected chi connectivity index (χ0v) is 6.26. The minimum absolute atomic E-state index is 0.612. The summed E-state index contributed by atoms with van der Waals surface area (Å²) in [5.74, 6) is 0.612. The Morgan fingerprint density at radius 1 is 1.67 bits per heavy atom. The van der Waals surface area contributed by atoms with Gasteiger partial charge in [0.15, 0.2) is 7.05 Å². The fraction of sp³-hybridized carbons (Fsp3) is 0.714. The number of hydrogen-bond donors (Lipinski definition) is 0. The zero-order chi connectivity index (χ0) is 6.85. The van der Waals surface area contributed by atoms with Crippen molar-refractivity contribution in [2.75, 3.05) is 13.6 Å². The fourth-order valence-electron chi connectivity index (χ4n) is 1.08. The number of hydrogen-bond acceptors (Lipinski definition) is 1. The summed E-state index contributed by atoms with van der Waals surface area (Å²) in [6, 6.07) is 0. The largest absolute Gasteiger partial charge is 0.208 e. The van der Waals surface area contributed by atoms with Crippen LogP contribution in [0.4, 0.5) is 0 Å². The van der Waals surface area contributed by atoms with Crippen molar-refractivity contribution in [3.8, 4) is 0 Å². The lowest BCUT2D eigenvalue weighted by atomic mass is 10.1. The second kappa shape index (κ2) is 2.29. The molecule has 0 radical (unpaired) electrons. The normalized spacial score (nSPS) is 18.2. The summed E-state index contributed by atoms with van der Waals surface area (Å²) >= 11 is 0. The Morgan fingerprint density at radius 3 is 2.56 bits per heavy atom. The molecule has 0 aromatic carbocycles. The lowest BCUT2D eigenvalue weighted by molar-refractivity contribution is -0.516. The Bertz CT molecular complexity index is 166. The molecule has 0 aromatic rings. The molecule has 0 amide bonds. The van der Waals surface area contributed by atoms with E-state index in [0.717, 1.165) is 6.54 Å². The molecule has 0 saturated heterocycles. The van der Waals surface area contributed by atoms with Crippen molar-refractivity contribution < 1.29 is 4.70 Å². The summed E-state index contributed by atoms with van der Waals surface area (Å²) < 4.78 is 1.96. The first-order valence-corrected chi connectivity index (χ1v) is 3.33. The predicted octanol–water partition coefficient (Wildman–Crippen LogP) is 1.63. The molecule has 0 unspecified atom stereocenters. The molecule has 0 bridgehead atoms. The number of rotatable bonds is 1. The maximum atomic E-state index is 4.18. The molecule has 2 nitrogen and oxygen atoms in total. The maximum absolute atomic E-state index is 4.18. The van der Waals surface area contributed by atoms with E-state index >= 15 is 0 Å². The molecule has 0 fully saturated rings. The Kier molecular flexibility index (Phi) is 1.65. The average Bonchev–Trinajstić information content (AvgIpc) is 2.13. The third-order valence-corrected chi connectivity index (χ3v) is 1.56. The van der Waals surface area contributed by atoms with Crippen molar-refractivity contribution in [1.29, 1.82) is 0 Å². The van der Waals surface area contributed by atoms with Crippen LogP contribution >= 0.6 is 0 Å². The molecule has 1 aliphatic heterocycles. The first kappa shape index (κ1) is 6.46. The monoisotopic (exact) mass is 125 g/mol. The Morgan fingerprint density at radius 2 is 2.33 bits per heavy atom. The van der Waals surface area contributed by atoms with Crippen LogP contribution < -0.4 is 0 Å². The fourth-order valence-corrected chi connectivity index (χ4v) is 1.08. The molecule has 0 spiro atoms. The van der Waals surface area contributed by atoms with Gasteiger partial charge in [0.2, 0.25) is 5.70 Å². The van der Waals surface area contributed by atoms with Crippen LogP contribution in [0.15, 0.2) is 16.9 Å². The molecule has 1 aliphatic rings. The lowest BCUT2D eigenvalue weighted by Gasteiger charge is -1.96. The molecule has 0 N–H and O–H groups in total. The van der Waals surface area contributed by atoms with Crippen LogP contribution in [0.5, 0.6) is 0 Å². The van der Waals surface area contributed by atoms with E-state index in [2.05, 4.69) is 25.0 Å². The molecule has 50 valence electrons. The SMILES string of the molecule is CC(C)C1=CCN=[N+]1C. The van der Waals surface area contributed by atoms with E-state index in [1.54, 1.807) is 0 Å². The molecule has 9 heavy (non-hydrogen) atoms. The summed E-state index contributed by atoms with van der Waals surface area (Å²) in [5, 5.41) is 4.18. The smallest absolute Gasteiger partial charge is 0.0956 e. The predicted molar refractivity (Wildman–Crippen MR) is 36.4 cm³/mol. The van der Waals surface area contributed by atoms with E-state index in [9.17, 15) is 0 Å². The van der Waals surface area contributed by atoms with Gasteiger partial charge in [-0.25, -0.2) is 0 Å². The van der Waals surface area contributed by atoms with Crippen LogP contribution in [-0.4, -0.2) is 18.3 Å². The van der Waals surface area contributed by atoms with Crippen molar-refractivity contribution in [1.82, 2.24) is 0 Å². The number of allylic oxidation sites excluding steroid dienone is 1. The van der Waals surface area contributed by atoms with Gasteiger partial charge in [-0.2, -0.15) is 0 Å². The molecule has 0 saturated carbocycles. The van der Waals surface area contributed by atoms with Crippen LogP contribution in [0, 0.1) is 5.92 Å². The first-order valence-electron chi connectivity index (χ1n) is 3.33. The van der Waals surface area contributed by atoms with Crippen LogP contribution in [0.25, 0.3) is 0 Å². The van der Waals surface area contributed by atoms with E-state index in [0.29, 0.717) is 5.92 Å². The van der Waals surface area contributed by atoms with E-state index in [1.165, 1.54) is 5.70 Å².